The molecule has 4 heteroatoms. The zero-order chi connectivity index (χ0) is 16.9. The lowest BCUT2D eigenvalue weighted by atomic mass is 9.87. The first-order valence-corrected chi connectivity index (χ1v) is 9.20. The molecule has 1 aromatic rings. The van der Waals surface area contributed by atoms with Gasteiger partial charge in [0.1, 0.15) is 0 Å². The second-order valence-corrected chi connectivity index (χ2v) is 7.29. The Morgan fingerprint density at radius 3 is 2.54 bits per heavy atom. The van der Waals surface area contributed by atoms with Crippen LogP contribution >= 0.6 is 0 Å². The Balaban J connectivity index is 1.47. The molecule has 0 bridgehead atoms. The van der Waals surface area contributed by atoms with Crippen molar-refractivity contribution in [1.29, 1.82) is 0 Å². The molecule has 0 atom stereocenters. The van der Waals surface area contributed by atoms with E-state index in [9.17, 15) is 9.59 Å². The van der Waals surface area contributed by atoms with Crippen molar-refractivity contribution in [3.05, 3.63) is 34.9 Å². The molecule has 0 unspecified atom stereocenters. The molecule has 1 fully saturated rings. The van der Waals surface area contributed by atoms with E-state index >= 15 is 0 Å². The summed E-state index contributed by atoms with van der Waals surface area (Å²) in [7, 11) is 0. The predicted molar refractivity (Wildman–Crippen MR) is 92.9 cm³/mol. The summed E-state index contributed by atoms with van der Waals surface area (Å²) in [5.74, 6) is 0.150. The Labute approximate surface area is 144 Å². The van der Waals surface area contributed by atoms with Crippen LogP contribution in [-0.2, 0) is 22.4 Å². The number of benzene rings is 1. The van der Waals surface area contributed by atoms with Gasteiger partial charge in [-0.3, -0.25) is 4.79 Å². The van der Waals surface area contributed by atoms with Crippen LogP contribution in [0.1, 0.15) is 66.9 Å². The lowest BCUT2D eigenvalue weighted by Crippen LogP contribution is -2.39. The average Bonchev–Trinajstić information content (AvgIpc) is 2.61. The molecule has 0 radical (unpaired) electrons. The van der Waals surface area contributed by atoms with E-state index in [1.165, 1.54) is 24.0 Å². The highest BCUT2D eigenvalue weighted by Gasteiger charge is 2.20. The molecular weight excluding hydrogens is 302 g/mol. The highest BCUT2D eigenvalue weighted by Crippen LogP contribution is 2.24. The van der Waals surface area contributed by atoms with Crippen molar-refractivity contribution in [3.8, 4) is 0 Å². The minimum atomic E-state index is -0.407. The molecule has 2 aliphatic rings. The molecule has 4 nitrogen and oxygen atoms in total. The molecule has 1 aromatic carbocycles. The maximum Gasteiger partial charge on any atom is 0.338 e. The fraction of sp³-hybridized carbons (Fsp3) is 0.600. The fourth-order valence-corrected chi connectivity index (χ4v) is 3.75. The van der Waals surface area contributed by atoms with Crippen molar-refractivity contribution >= 4 is 11.9 Å². The molecule has 0 saturated heterocycles. The summed E-state index contributed by atoms with van der Waals surface area (Å²) in [6.07, 6.45) is 8.85. The molecule has 1 amide bonds. The van der Waals surface area contributed by atoms with Gasteiger partial charge in [0, 0.05) is 6.04 Å². The molecule has 0 spiro atoms. The first-order chi connectivity index (χ1) is 11.6. The number of carbonyl (C=O) groups is 2. The summed E-state index contributed by atoms with van der Waals surface area (Å²) in [6, 6.07) is 5.99. The van der Waals surface area contributed by atoms with E-state index in [1.807, 2.05) is 18.2 Å². The van der Waals surface area contributed by atoms with Crippen LogP contribution in [0.25, 0.3) is 0 Å². The van der Waals surface area contributed by atoms with Crippen molar-refractivity contribution in [2.45, 2.75) is 64.3 Å². The number of carbonyl (C=O) groups excluding carboxylic acids is 2. The second-order valence-electron chi connectivity index (χ2n) is 7.29. The van der Waals surface area contributed by atoms with Crippen molar-refractivity contribution in [1.82, 2.24) is 5.32 Å². The lowest BCUT2D eigenvalue weighted by molar-refractivity contribution is -0.125. The van der Waals surface area contributed by atoms with Gasteiger partial charge < -0.3 is 10.1 Å². The summed E-state index contributed by atoms with van der Waals surface area (Å²) in [5, 5.41) is 2.98. The zero-order valence-corrected chi connectivity index (χ0v) is 14.5. The number of amides is 1. The third-order valence-electron chi connectivity index (χ3n) is 5.30. The number of esters is 1. The van der Waals surface area contributed by atoms with Gasteiger partial charge in [0.2, 0.25) is 0 Å². The van der Waals surface area contributed by atoms with E-state index in [1.54, 1.807) is 0 Å². The van der Waals surface area contributed by atoms with Crippen LogP contribution in [-0.4, -0.2) is 24.5 Å². The van der Waals surface area contributed by atoms with Gasteiger partial charge in [-0.2, -0.15) is 0 Å². The smallest absolute Gasteiger partial charge is 0.338 e. The van der Waals surface area contributed by atoms with Crippen LogP contribution in [0.5, 0.6) is 0 Å². The summed E-state index contributed by atoms with van der Waals surface area (Å²) in [5.41, 5.74) is 3.13. The molecule has 0 aromatic heterocycles. The van der Waals surface area contributed by atoms with Crippen LogP contribution in [0.3, 0.4) is 0 Å². The summed E-state index contributed by atoms with van der Waals surface area (Å²) in [6.45, 7) is 2.06. The van der Waals surface area contributed by atoms with Gasteiger partial charge in [0.25, 0.3) is 5.91 Å². The lowest BCUT2D eigenvalue weighted by Gasteiger charge is -2.26. The number of rotatable bonds is 4. The zero-order valence-electron chi connectivity index (χ0n) is 14.5. The highest BCUT2D eigenvalue weighted by atomic mass is 16.5. The maximum absolute atomic E-state index is 12.2. The Kier molecular flexibility index (Phi) is 5.54. The topological polar surface area (TPSA) is 55.4 Å². The second kappa shape index (κ2) is 7.82. The van der Waals surface area contributed by atoms with E-state index in [0.29, 0.717) is 5.56 Å². The molecule has 0 heterocycles. The van der Waals surface area contributed by atoms with Crippen LogP contribution in [0, 0.1) is 5.92 Å². The predicted octanol–water partition coefficient (Wildman–Crippen LogP) is 3.42. The van der Waals surface area contributed by atoms with Gasteiger partial charge in [0.05, 0.1) is 5.56 Å². The van der Waals surface area contributed by atoms with Gasteiger partial charge >= 0.3 is 5.97 Å². The minimum Gasteiger partial charge on any atom is -0.452 e. The molecule has 1 N–H and O–H groups in total. The van der Waals surface area contributed by atoms with Crippen molar-refractivity contribution in [2.75, 3.05) is 6.61 Å². The first-order valence-electron chi connectivity index (χ1n) is 9.20. The number of nitrogens with one attached hydrogen (secondary N) is 1. The summed E-state index contributed by atoms with van der Waals surface area (Å²) >= 11 is 0. The number of hydrogen-bond acceptors (Lipinski definition) is 3. The molecule has 130 valence electrons. The largest absolute Gasteiger partial charge is 0.452 e. The third kappa shape index (κ3) is 4.37. The van der Waals surface area contributed by atoms with Crippen LogP contribution in [0.15, 0.2) is 18.2 Å². The number of fused-ring (bicyclic) bond motifs is 1. The van der Waals surface area contributed by atoms with E-state index in [4.69, 9.17) is 4.74 Å². The van der Waals surface area contributed by atoms with Crippen LogP contribution in [0.4, 0.5) is 0 Å². The van der Waals surface area contributed by atoms with Crippen molar-refractivity contribution < 1.29 is 14.3 Å². The Bertz CT molecular complexity index is 603. The average molecular weight is 329 g/mol. The Hall–Kier alpha value is -1.84. The van der Waals surface area contributed by atoms with Gasteiger partial charge in [-0.05, 0) is 80.5 Å². The third-order valence-corrected chi connectivity index (χ3v) is 5.30. The fourth-order valence-electron chi connectivity index (χ4n) is 3.75. The molecule has 2 aliphatic carbocycles. The van der Waals surface area contributed by atoms with Crippen molar-refractivity contribution in [3.63, 3.8) is 0 Å². The molecule has 3 rings (SSSR count). The number of aryl methyl sites for hydroxylation is 2. The van der Waals surface area contributed by atoms with Gasteiger partial charge in [-0.15, -0.1) is 0 Å². The number of hydrogen-bond donors (Lipinski definition) is 1. The summed E-state index contributed by atoms with van der Waals surface area (Å²) in [4.78, 5) is 24.1. The quantitative estimate of drug-likeness (QED) is 0.861. The number of ether oxygens (including phenoxy) is 1. The van der Waals surface area contributed by atoms with Crippen molar-refractivity contribution in [2.24, 2.45) is 5.92 Å². The summed E-state index contributed by atoms with van der Waals surface area (Å²) < 4.78 is 5.19. The Morgan fingerprint density at radius 2 is 1.79 bits per heavy atom. The molecular formula is C20H27NO3. The van der Waals surface area contributed by atoms with E-state index in [0.717, 1.165) is 44.4 Å². The Morgan fingerprint density at radius 1 is 1.08 bits per heavy atom. The van der Waals surface area contributed by atoms with Gasteiger partial charge in [0.15, 0.2) is 6.61 Å². The highest BCUT2D eigenvalue weighted by molar-refractivity contribution is 5.91. The van der Waals surface area contributed by atoms with E-state index in [2.05, 4.69) is 12.2 Å². The van der Waals surface area contributed by atoms with Crippen LogP contribution in [0.2, 0.25) is 0 Å². The maximum atomic E-state index is 12.2. The first kappa shape index (κ1) is 17.0. The molecule has 1 saturated carbocycles. The molecule has 24 heavy (non-hydrogen) atoms. The minimum absolute atomic E-state index is 0.192. The molecule has 0 aliphatic heterocycles. The van der Waals surface area contributed by atoms with E-state index in [-0.39, 0.29) is 18.6 Å². The van der Waals surface area contributed by atoms with Gasteiger partial charge in [-0.1, -0.05) is 13.0 Å². The normalized spacial score (nSPS) is 23.2. The standard InChI is InChI=1S/C20H27NO3/c1-14-6-10-18(11-7-14)21-19(22)13-24-20(23)17-9-8-15-4-2-3-5-16(15)12-17/h8-9,12,14,18H,2-7,10-11,13H2,1H3,(H,21,22). The SMILES string of the molecule is CC1CCC(NC(=O)COC(=O)c2ccc3c(c2)CCCC3)CC1. The van der Waals surface area contributed by atoms with Crippen LogP contribution < -0.4 is 5.32 Å². The van der Waals surface area contributed by atoms with E-state index < -0.39 is 5.97 Å². The monoisotopic (exact) mass is 329 g/mol. The van der Waals surface area contributed by atoms with Gasteiger partial charge in [-0.25, -0.2) is 4.79 Å².